The van der Waals surface area contributed by atoms with Crippen molar-refractivity contribution in [1.29, 1.82) is 0 Å². The molecule has 1 rings (SSSR count). The molecule has 1 aromatic rings. The number of hydrogen-bond acceptors (Lipinski definition) is 2. The van der Waals surface area contributed by atoms with Crippen LogP contribution in [-0.2, 0) is 6.54 Å². The number of benzene rings is 1. The predicted octanol–water partition coefficient (Wildman–Crippen LogP) is 1.61. The summed E-state index contributed by atoms with van der Waals surface area (Å²) >= 11 is 5.82. The van der Waals surface area contributed by atoms with Crippen LogP contribution in [0.25, 0.3) is 0 Å². The van der Waals surface area contributed by atoms with Gasteiger partial charge in [-0.15, -0.1) is 0 Å². The minimum atomic E-state index is 0.386. The van der Waals surface area contributed by atoms with Crippen molar-refractivity contribution in [1.82, 2.24) is 0 Å². The second-order valence-electron chi connectivity index (χ2n) is 2.05. The number of rotatable bonds is 2. The summed E-state index contributed by atoms with van der Waals surface area (Å²) in [7, 11) is 1.58. The van der Waals surface area contributed by atoms with Crippen LogP contribution >= 0.6 is 11.6 Å². The molecular formula is C8H9ClNO. The van der Waals surface area contributed by atoms with Gasteiger partial charge in [0, 0.05) is 17.1 Å². The molecule has 2 nitrogen and oxygen atoms in total. The fourth-order valence-electron chi connectivity index (χ4n) is 0.863. The van der Waals surface area contributed by atoms with E-state index in [-0.39, 0.29) is 0 Å². The van der Waals surface area contributed by atoms with Gasteiger partial charge in [-0.1, -0.05) is 11.6 Å². The fraction of sp³-hybridized carbons (Fsp3) is 0.250. The van der Waals surface area contributed by atoms with Crippen LogP contribution < -0.4 is 10.5 Å². The molecule has 11 heavy (non-hydrogen) atoms. The highest BCUT2D eigenvalue weighted by Crippen LogP contribution is 2.24. The van der Waals surface area contributed by atoms with Gasteiger partial charge in [-0.05, 0) is 18.2 Å². The van der Waals surface area contributed by atoms with Crippen molar-refractivity contribution in [3.63, 3.8) is 0 Å². The van der Waals surface area contributed by atoms with Gasteiger partial charge in [0.1, 0.15) is 5.75 Å². The SMILES string of the molecule is COc1c[c]cc(Cl)c1CN. The molecule has 59 valence electrons. The maximum atomic E-state index is 5.82. The number of nitrogens with two attached hydrogens (primary N) is 1. The van der Waals surface area contributed by atoms with Crippen LogP contribution in [0.1, 0.15) is 5.56 Å². The summed E-state index contributed by atoms with van der Waals surface area (Å²) in [5.74, 6) is 0.694. The molecule has 0 saturated carbocycles. The number of ether oxygens (including phenoxy) is 1. The fourth-order valence-corrected chi connectivity index (χ4v) is 1.10. The van der Waals surface area contributed by atoms with Crippen LogP contribution in [0, 0.1) is 6.07 Å². The van der Waals surface area contributed by atoms with E-state index in [1.807, 2.05) is 0 Å². The second-order valence-corrected chi connectivity index (χ2v) is 2.46. The van der Waals surface area contributed by atoms with Crippen LogP contribution in [0.3, 0.4) is 0 Å². The highest BCUT2D eigenvalue weighted by molar-refractivity contribution is 6.31. The Kier molecular flexibility index (Phi) is 2.74. The van der Waals surface area contributed by atoms with E-state index in [9.17, 15) is 0 Å². The Morgan fingerprint density at radius 2 is 2.36 bits per heavy atom. The van der Waals surface area contributed by atoms with Crippen LogP contribution in [-0.4, -0.2) is 7.11 Å². The summed E-state index contributed by atoms with van der Waals surface area (Å²) in [6.45, 7) is 0.386. The van der Waals surface area contributed by atoms with E-state index in [1.165, 1.54) is 0 Å². The monoisotopic (exact) mass is 170 g/mol. The van der Waals surface area contributed by atoms with Crippen molar-refractivity contribution in [3.05, 3.63) is 28.8 Å². The minimum Gasteiger partial charge on any atom is -0.496 e. The molecule has 0 amide bonds. The average molecular weight is 171 g/mol. The summed E-state index contributed by atoms with van der Waals surface area (Å²) < 4.78 is 5.02. The lowest BCUT2D eigenvalue weighted by atomic mass is 10.2. The van der Waals surface area contributed by atoms with Crippen molar-refractivity contribution >= 4 is 11.6 Å². The first-order valence-electron chi connectivity index (χ1n) is 3.22. The summed E-state index contributed by atoms with van der Waals surface area (Å²) in [6.07, 6.45) is 0. The zero-order chi connectivity index (χ0) is 8.27. The predicted molar refractivity (Wildman–Crippen MR) is 44.7 cm³/mol. The summed E-state index contributed by atoms with van der Waals surface area (Å²) in [4.78, 5) is 0. The van der Waals surface area contributed by atoms with E-state index in [0.717, 1.165) is 5.56 Å². The zero-order valence-electron chi connectivity index (χ0n) is 6.23. The molecule has 0 spiro atoms. The largest absolute Gasteiger partial charge is 0.496 e. The number of methoxy groups -OCH3 is 1. The minimum absolute atomic E-state index is 0.386. The van der Waals surface area contributed by atoms with Crippen LogP contribution in [0.15, 0.2) is 12.1 Å². The Morgan fingerprint density at radius 3 is 2.82 bits per heavy atom. The molecule has 0 aliphatic carbocycles. The first kappa shape index (κ1) is 8.37. The van der Waals surface area contributed by atoms with Crippen molar-refractivity contribution in [2.75, 3.05) is 7.11 Å². The Morgan fingerprint density at radius 1 is 1.64 bits per heavy atom. The highest BCUT2D eigenvalue weighted by atomic mass is 35.5. The molecule has 1 radical (unpaired) electrons. The molecule has 0 unspecified atom stereocenters. The average Bonchev–Trinajstić information content (AvgIpc) is 2.04. The van der Waals surface area contributed by atoms with Gasteiger partial charge in [0.25, 0.3) is 0 Å². The van der Waals surface area contributed by atoms with Gasteiger partial charge in [-0.2, -0.15) is 0 Å². The molecule has 0 aliphatic heterocycles. The van der Waals surface area contributed by atoms with Gasteiger partial charge in [0.05, 0.1) is 7.11 Å². The molecule has 1 aromatic carbocycles. The summed E-state index contributed by atoms with van der Waals surface area (Å²) in [5, 5.41) is 0.604. The molecular weight excluding hydrogens is 162 g/mol. The van der Waals surface area contributed by atoms with Gasteiger partial charge in [-0.3, -0.25) is 0 Å². The van der Waals surface area contributed by atoms with Gasteiger partial charge in [-0.25, -0.2) is 0 Å². The normalized spacial score (nSPS) is 9.73. The third-order valence-electron chi connectivity index (χ3n) is 1.43. The Labute approximate surface area is 70.9 Å². The van der Waals surface area contributed by atoms with Crippen molar-refractivity contribution in [3.8, 4) is 5.75 Å². The lowest BCUT2D eigenvalue weighted by molar-refractivity contribution is 0.410. The van der Waals surface area contributed by atoms with Gasteiger partial charge >= 0.3 is 0 Å². The maximum absolute atomic E-state index is 5.82. The molecule has 2 N–H and O–H groups in total. The molecule has 0 heterocycles. The first-order valence-corrected chi connectivity index (χ1v) is 3.60. The lowest BCUT2D eigenvalue weighted by Crippen LogP contribution is -2.00. The van der Waals surface area contributed by atoms with Crippen LogP contribution in [0.4, 0.5) is 0 Å². The Balaban J connectivity index is 3.13. The second kappa shape index (κ2) is 3.60. The topological polar surface area (TPSA) is 35.2 Å². The van der Waals surface area contributed by atoms with E-state index in [2.05, 4.69) is 6.07 Å². The summed E-state index contributed by atoms with van der Waals surface area (Å²) in [6, 6.07) is 6.23. The van der Waals surface area contributed by atoms with Crippen LogP contribution in [0.5, 0.6) is 5.75 Å². The van der Waals surface area contributed by atoms with Gasteiger partial charge < -0.3 is 10.5 Å². The maximum Gasteiger partial charge on any atom is 0.125 e. The molecule has 0 aliphatic rings. The Bertz CT molecular complexity index is 250. The first-order chi connectivity index (χ1) is 5.29. The van der Waals surface area contributed by atoms with E-state index in [1.54, 1.807) is 19.2 Å². The van der Waals surface area contributed by atoms with E-state index in [4.69, 9.17) is 22.1 Å². The van der Waals surface area contributed by atoms with Gasteiger partial charge in [0.15, 0.2) is 0 Å². The molecule has 0 bridgehead atoms. The van der Waals surface area contributed by atoms with Crippen molar-refractivity contribution < 1.29 is 4.74 Å². The van der Waals surface area contributed by atoms with Crippen LogP contribution in [0.2, 0.25) is 5.02 Å². The standard InChI is InChI=1S/C8H9ClNO/c1-11-8-4-2-3-7(9)6(8)5-10/h3-4H,5,10H2,1H3. The van der Waals surface area contributed by atoms with Crippen molar-refractivity contribution in [2.45, 2.75) is 6.54 Å². The van der Waals surface area contributed by atoms with Gasteiger partial charge in [0.2, 0.25) is 0 Å². The molecule has 0 fully saturated rings. The zero-order valence-corrected chi connectivity index (χ0v) is 6.98. The number of halogens is 1. The molecule has 0 atom stereocenters. The van der Waals surface area contributed by atoms with E-state index in [0.29, 0.717) is 17.3 Å². The molecule has 0 saturated heterocycles. The van der Waals surface area contributed by atoms with E-state index < -0.39 is 0 Å². The third-order valence-corrected chi connectivity index (χ3v) is 1.77. The highest BCUT2D eigenvalue weighted by Gasteiger charge is 2.03. The third kappa shape index (κ3) is 1.64. The summed E-state index contributed by atoms with van der Waals surface area (Å²) in [5.41, 5.74) is 6.28. The molecule has 0 aromatic heterocycles. The quantitative estimate of drug-likeness (QED) is 0.732. The number of hydrogen-bond donors (Lipinski definition) is 1. The van der Waals surface area contributed by atoms with E-state index >= 15 is 0 Å². The smallest absolute Gasteiger partial charge is 0.125 e. The lowest BCUT2D eigenvalue weighted by Gasteiger charge is -2.06. The Hall–Kier alpha value is -0.730. The van der Waals surface area contributed by atoms with Crippen molar-refractivity contribution in [2.24, 2.45) is 5.73 Å². The molecule has 3 heteroatoms.